The lowest BCUT2D eigenvalue weighted by Crippen LogP contribution is -2.44. The van der Waals surface area contributed by atoms with Gasteiger partial charge in [-0.2, -0.15) is 0 Å². The average Bonchev–Trinajstić information content (AvgIpc) is 2.94. The van der Waals surface area contributed by atoms with E-state index in [1.54, 1.807) is 18.4 Å². The Balaban J connectivity index is 2.22. The Morgan fingerprint density at radius 3 is 2.62 bits per heavy atom. The van der Waals surface area contributed by atoms with Crippen molar-refractivity contribution in [1.82, 2.24) is 10.3 Å². The second kappa shape index (κ2) is 4.43. The minimum atomic E-state index is -0.125. The predicted octanol–water partition coefficient (Wildman–Crippen LogP) is 2.37. The number of nitrogens with one attached hydrogen (secondary N) is 1. The maximum absolute atomic E-state index is 5.34. The van der Waals surface area contributed by atoms with Crippen molar-refractivity contribution in [1.29, 1.82) is 0 Å². The Morgan fingerprint density at radius 1 is 1.50 bits per heavy atom. The molecule has 1 fully saturated rings. The summed E-state index contributed by atoms with van der Waals surface area (Å²) >= 11 is 1.78. The highest BCUT2D eigenvalue weighted by molar-refractivity contribution is 7.11. The zero-order chi connectivity index (χ0) is 11.8. The normalized spacial score (nSPS) is 19.8. The highest BCUT2D eigenvalue weighted by Crippen LogP contribution is 2.32. The molecule has 2 rings (SSSR count). The lowest BCUT2D eigenvalue weighted by molar-refractivity contribution is 0.117. The molecular formula is C12H20N2OS. The van der Waals surface area contributed by atoms with Gasteiger partial charge < -0.3 is 10.1 Å². The Labute approximate surface area is 101 Å². The van der Waals surface area contributed by atoms with Crippen LogP contribution in [-0.2, 0) is 10.3 Å². The van der Waals surface area contributed by atoms with E-state index >= 15 is 0 Å². The summed E-state index contributed by atoms with van der Waals surface area (Å²) in [6, 6.07) is 0.657. The molecule has 3 nitrogen and oxygen atoms in total. The Bertz CT molecular complexity index is 354. The van der Waals surface area contributed by atoms with Crippen molar-refractivity contribution in [3.8, 4) is 0 Å². The topological polar surface area (TPSA) is 34.1 Å². The molecule has 1 unspecified atom stereocenters. The molecule has 1 saturated carbocycles. The molecule has 1 aliphatic rings. The second-order valence-corrected chi connectivity index (χ2v) is 6.05. The highest BCUT2D eigenvalue weighted by Gasteiger charge is 2.36. The van der Waals surface area contributed by atoms with E-state index < -0.39 is 0 Å². The van der Waals surface area contributed by atoms with Crippen LogP contribution in [0.25, 0.3) is 0 Å². The molecule has 90 valence electrons. The van der Waals surface area contributed by atoms with Gasteiger partial charge in [-0.05, 0) is 33.6 Å². The summed E-state index contributed by atoms with van der Waals surface area (Å²) in [5, 5.41) is 4.80. The van der Waals surface area contributed by atoms with Gasteiger partial charge in [0.2, 0.25) is 0 Å². The van der Waals surface area contributed by atoms with Crippen molar-refractivity contribution >= 4 is 11.3 Å². The van der Waals surface area contributed by atoms with Gasteiger partial charge in [-0.1, -0.05) is 0 Å². The zero-order valence-corrected chi connectivity index (χ0v) is 11.3. The monoisotopic (exact) mass is 240 g/mol. The predicted molar refractivity (Wildman–Crippen MR) is 67.0 cm³/mol. The molecular weight excluding hydrogens is 220 g/mol. The number of ether oxygens (including phenoxy) is 1. The number of aromatic nitrogens is 1. The average molecular weight is 240 g/mol. The summed E-state index contributed by atoms with van der Waals surface area (Å²) in [6.45, 7) is 7.06. The van der Waals surface area contributed by atoms with Crippen LogP contribution in [0.5, 0.6) is 0 Å². The van der Waals surface area contributed by atoms with E-state index in [1.807, 2.05) is 0 Å². The molecule has 0 amide bonds. The third kappa shape index (κ3) is 2.44. The van der Waals surface area contributed by atoms with Crippen molar-refractivity contribution in [3.63, 3.8) is 0 Å². The highest BCUT2D eigenvalue weighted by atomic mass is 32.1. The van der Waals surface area contributed by atoms with Crippen LogP contribution >= 0.6 is 11.3 Å². The molecule has 1 aromatic heterocycles. The van der Waals surface area contributed by atoms with E-state index in [0.717, 1.165) is 10.7 Å². The molecule has 0 bridgehead atoms. The van der Waals surface area contributed by atoms with E-state index in [9.17, 15) is 0 Å². The largest absolute Gasteiger partial charge is 0.382 e. The van der Waals surface area contributed by atoms with Crippen LogP contribution in [0.15, 0.2) is 0 Å². The van der Waals surface area contributed by atoms with Gasteiger partial charge in [-0.3, -0.25) is 0 Å². The van der Waals surface area contributed by atoms with E-state index in [4.69, 9.17) is 4.74 Å². The molecule has 0 aliphatic heterocycles. The minimum Gasteiger partial charge on any atom is -0.382 e. The fourth-order valence-corrected chi connectivity index (χ4v) is 2.85. The molecule has 1 aromatic rings. The number of nitrogens with zero attached hydrogens (tertiary/aromatic N) is 1. The number of aryl methyl sites for hydroxylation is 2. The van der Waals surface area contributed by atoms with Crippen molar-refractivity contribution in [2.75, 3.05) is 13.7 Å². The minimum absolute atomic E-state index is 0.125. The summed E-state index contributed by atoms with van der Waals surface area (Å²) in [4.78, 5) is 5.96. The molecule has 4 heteroatoms. The lowest BCUT2D eigenvalue weighted by Gasteiger charge is -2.28. The Hall–Kier alpha value is -0.450. The van der Waals surface area contributed by atoms with Crippen LogP contribution in [0.4, 0.5) is 0 Å². The van der Waals surface area contributed by atoms with Gasteiger partial charge in [-0.25, -0.2) is 4.98 Å². The van der Waals surface area contributed by atoms with E-state index in [2.05, 4.69) is 31.1 Å². The summed E-state index contributed by atoms with van der Waals surface area (Å²) < 4.78 is 5.34. The van der Waals surface area contributed by atoms with Gasteiger partial charge >= 0.3 is 0 Å². The van der Waals surface area contributed by atoms with Gasteiger partial charge in [0.05, 0.1) is 17.8 Å². The first-order valence-electron chi connectivity index (χ1n) is 5.76. The molecule has 1 N–H and O–H groups in total. The smallest absolute Gasteiger partial charge is 0.115 e. The van der Waals surface area contributed by atoms with E-state index in [-0.39, 0.29) is 5.54 Å². The fraction of sp³-hybridized carbons (Fsp3) is 0.750. The van der Waals surface area contributed by atoms with Crippen LogP contribution < -0.4 is 5.32 Å². The van der Waals surface area contributed by atoms with Crippen molar-refractivity contribution in [2.24, 2.45) is 0 Å². The number of hydrogen-bond acceptors (Lipinski definition) is 4. The summed E-state index contributed by atoms with van der Waals surface area (Å²) in [5.74, 6) is 0. The first kappa shape index (κ1) is 12.0. The van der Waals surface area contributed by atoms with Crippen LogP contribution in [0.2, 0.25) is 0 Å². The fourth-order valence-electron chi connectivity index (χ4n) is 1.84. The van der Waals surface area contributed by atoms with Gasteiger partial charge in [0.15, 0.2) is 0 Å². The Morgan fingerprint density at radius 2 is 2.19 bits per heavy atom. The second-order valence-electron chi connectivity index (χ2n) is 4.84. The Kier molecular flexibility index (Phi) is 3.33. The van der Waals surface area contributed by atoms with E-state index in [1.165, 1.54) is 17.7 Å². The maximum Gasteiger partial charge on any atom is 0.115 e. The zero-order valence-electron chi connectivity index (χ0n) is 10.5. The third-order valence-electron chi connectivity index (χ3n) is 3.03. The van der Waals surface area contributed by atoms with Gasteiger partial charge in [-0.15, -0.1) is 11.3 Å². The third-order valence-corrected chi connectivity index (χ3v) is 4.37. The molecule has 1 atom stereocenters. The van der Waals surface area contributed by atoms with Crippen LogP contribution in [0.3, 0.4) is 0 Å². The van der Waals surface area contributed by atoms with E-state index in [0.29, 0.717) is 12.6 Å². The molecule has 0 radical (unpaired) electrons. The standard InChI is InChI=1S/C12H20N2OS/c1-8-9(2)16-11(13-8)12(3,7-15-4)14-10-5-6-10/h10,14H,5-7H2,1-4H3. The van der Waals surface area contributed by atoms with Crippen molar-refractivity contribution in [2.45, 2.75) is 45.2 Å². The number of thiazole rings is 1. The number of hydrogen-bond donors (Lipinski definition) is 1. The van der Waals surface area contributed by atoms with Crippen molar-refractivity contribution in [3.05, 3.63) is 15.6 Å². The molecule has 1 aliphatic carbocycles. The molecule has 0 spiro atoms. The summed E-state index contributed by atoms with van der Waals surface area (Å²) in [7, 11) is 1.75. The SMILES string of the molecule is COCC(C)(NC1CC1)c1nc(C)c(C)s1. The first-order valence-corrected chi connectivity index (χ1v) is 6.58. The lowest BCUT2D eigenvalue weighted by atomic mass is 10.0. The first-order chi connectivity index (χ1) is 7.55. The molecule has 1 heterocycles. The maximum atomic E-state index is 5.34. The van der Waals surface area contributed by atoms with Crippen molar-refractivity contribution < 1.29 is 4.74 Å². The summed E-state index contributed by atoms with van der Waals surface area (Å²) in [6.07, 6.45) is 2.56. The number of methoxy groups -OCH3 is 1. The van der Waals surface area contributed by atoms with Gasteiger partial charge in [0.1, 0.15) is 5.01 Å². The molecule has 0 aromatic carbocycles. The number of rotatable bonds is 5. The van der Waals surface area contributed by atoms with Gasteiger partial charge in [0.25, 0.3) is 0 Å². The van der Waals surface area contributed by atoms with Gasteiger partial charge in [0, 0.05) is 18.0 Å². The van der Waals surface area contributed by atoms with Crippen LogP contribution in [-0.4, -0.2) is 24.7 Å². The molecule has 0 saturated heterocycles. The molecule has 16 heavy (non-hydrogen) atoms. The van der Waals surface area contributed by atoms with Crippen LogP contribution in [0, 0.1) is 13.8 Å². The quantitative estimate of drug-likeness (QED) is 0.858. The van der Waals surface area contributed by atoms with Crippen LogP contribution in [0.1, 0.15) is 35.3 Å². The summed E-state index contributed by atoms with van der Waals surface area (Å²) in [5.41, 5.74) is 1.01.